The summed E-state index contributed by atoms with van der Waals surface area (Å²) in [4.78, 5) is 26.6. The van der Waals surface area contributed by atoms with Gasteiger partial charge in [-0.05, 0) is 37.7 Å². The van der Waals surface area contributed by atoms with Crippen LogP contribution in [0.1, 0.15) is 58.2 Å². The second-order valence-electron chi connectivity index (χ2n) is 8.44. The van der Waals surface area contributed by atoms with Gasteiger partial charge in [0, 0.05) is 16.1 Å². The number of carbonyl (C=O) groups excluding carboxylic acids is 1. The molecule has 1 fully saturated rings. The SMILES string of the molecule is CCC(C(=O)NC1CCCC(C)C1C)n1nc(C)c2sc3ccccc3c2c1=O. The van der Waals surface area contributed by atoms with E-state index in [1.54, 1.807) is 11.3 Å². The van der Waals surface area contributed by atoms with E-state index in [1.165, 1.54) is 11.1 Å². The summed E-state index contributed by atoms with van der Waals surface area (Å²) in [7, 11) is 0. The number of hydrogen-bond acceptors (Lipinski definition) is 4. The number of aromatic nitrogens is 2. The van der Waals surface area contributed by atoms with Crippen LogP contribution in [0.2, 0.25) is 0 Å². The zero-order chi connectivity index (χ0) is 20.7. The van der Waals surface area contributed by atoms with Crippen LogP contribution in [0.4, 0.5) is 0 Å². The maximum atomic E-state index is 13.4. The average molecular weight is 412 g/mol. The van der Waals surface area contributed by atoms with Crippen LogP contribution < -0.4 is 10.9 Å². The van der Waals surface area contributed by atoms with Gasteiger partial charge in [-0.1, -0.05) is 51.8 Å². The molecule has 154 valence electrons. The summed E-state index contributed by atoms with van der Waals surface area (Å²) in [5.41, 5.74) is 0.627. The molecule has 1 aromatic carbocycles. The number of amides is 1. The van der Waals surface area contributed by atoms with Gasteiger partial charge in [0.05, 0.1) is 15.8 Å². The van der Waals surface area contributed by atoms with E-state index in [0.29, 0.717) is 23.6 Å². The van der Waals surface area contributed by atoms with Crippen molar-refractivity contribution in [3.05, 3.63) is 40.3 Å². The molecule has 0 radical (unpaired) electrons. The highest BCUT2D eigenvalue weighted by Crippen LogP contribution is 2.33. The van der Waals surface area contributed by atoms with E-state index in [4.69, 9.17) is 0 Å². The van der Waals surface area contributed by atoms with Gasteiger partial charge >= 0.3 is 0 Å². The Hall–Kier alpha value is -2.21. The normalized spacial score (nSPS) is 23.4. The highest BCUT2D eigenvalue weighted by atomic mass is 32.1. The van der Waals surface area contributed by atoms with Gasteiger partial charge in [-0.25, -0.2) is 4.68 Å². The third kappa shape index (κ3) is 3.48. The Morgan fingerprint density at radius 3 is 2.83 bits per heavy atom. The molecule has 1 saturated carbocycles. The Kier molecular flexibility index (Phi) is 5.47. The lowest BCUT2D eigenvalue weighted by Gasteiger charge is -2.35. The fraction of sp³-hybridized carbons (Fsp3) is 0.522. The predicted octanol–water partition coefficient (Wildman–Crippen LogP) is 4.81. The Labute approximate surface area is 175 Å². The highest BCUT2D eigenvalue weighted by molar-refractivity contribution is 7.26. The molecule has 0 aliphatic heterocycles. The molecule has 2 heterocycles. The molecule has 3 aromatic rings. The first-order valence-corrected chi connectivity index (χ1v) is 11.4. The zero-order valence-corrected chi connectivity index (χ0v) is 18.4. The molecular weight excluding hydrogens is 382 g/mol. The summed E-state index contributed by atoms with van der Waals surface area (Å²) in [6, 6.07) is 7.51. The minimum absolute atomic E-state index is 0.0914. The van der Waals surface area contributed by atoms with E-state index in [2.05, 4.69) is 24.3 Å². The van der Waals surface area contributed by atoms with E-state index in [1.807, 2.05) is 38.1 Å². The van der Waals surface area contributed by atoms with Crippen LogP contribution in [-0.2, 0) is 4.79 Å². The molecule has 4 atom stereocenters. The molecule has 1 aliphatic rings. The summed E-state index contributed by atoms with van der Waals surface area (Å²) in [5.74, 6) is 0.956. The van der Waals surface area contributed by atoms with E-state index in [-0.39, 0.29) is 17.5 Å². The molecule has 29 heavy (non-hydrogen) atoms. The lowest BCUT2D eigenvalue weighted by Crippen LogP contribution is -2.47. The van der Waals surface area contributed by atoms with Crippen LogP contribution in [-0.4, -0.2) is 21.7 Å². The van der Waals surface area contributed by atoms with Crippen molar-refractivity contribution in [3.63, 3.8) is 0 Å². The summed E-state index contributed by atoms with van der Waals surface area (Å²) in [5, 5.41) is 9.44. The Balaban J connectivity index is 1.73. The molecule has 4 rings (SSSR count). The highest BCUT2D eigenvalue weighted by Gasteiger charge is 2.31. The minimum atomic E-state index is -0.589. The largest absolute Gasteiger partial charge is 0.351 e. The number of benzene rings is 1. The van der Waals surface area contributed by atoms with Gasteiger partial charge in [0.15, 0.2) is 0 Å². The Bertz CT molecular complexity index is 1120. The fourth-order valence-electron chi connectivity index (χ4n) is 4.62. The summed E-state index contributed by atoms with van der Waals surface area (Å²) >= 11 is 1.59. The zero-order valence-electron chi connectivity index (χ0n) is 17.6. The van der Waals surface area contributed by atoms with Gasteiger partial charge in [0.1, 0.15) is 6.04 Å². The summed E-state index contributed by atoms with van der Waals surface area (Å²) < 4.78 is 3.41. The first-order valence-electron chi connectivity index (χ1n) is 10.6. The van der Waals surface area contributed by atoms with Crippen LogP contribution in [0.15, 0.2) is 29.1 Å². The first-order chi connectivity index (χ1) is 13.9. The standard InChI is InChI=1S/C23H29N3O2S/c1-5-18(22(27)24-17-11-8-9-13(2)14(17)3)26-23(28)20-16-10-6-7-12-19(16)29-21(20)15(4)25-26/h6-7,10,12-14,17-18H,5,8-9,11H2,1-4H3,(H,24,27). The van der Waals surface area contributed by atoms with Gasteiger partial charge < -0.3 is 5.32 Å². The van der Waals surface area contributed by atoms with Crippen molar-refractivity contribution in [3.8, 4) is 0 Å². The number of carbonyl (C=O) groups is 1. The molecule has 0 spiro atoms. The van der Waals surface area contributed by atoms with E-state index >= 15 is 0 Å². The van der Waals surface area contributed by atoms with Gasteiger partial charge in [-0.2, -0.15) is 5.10 Å². The minimum Gasteiger partial charge on any atom is -0.351 e. The molecular formula is C23H29N3O2S. The van der Waals surface area contributed by atoms with Crippen molar-refractivity contribution in [2.45, 2.75) is 65.5 Å². The third-order valence-electron chi connectivity index (χ3n) is 6.62. The summed E-state index contributed by atoms with van der Waals surface area (Å²) in [6.07, 6.45) is 3.88. The van der Waals surface area contributed by atoms with Crippen LogP contribution >= 0.6 is 11.3 Å². The molecule has 5 nitrogen and oxygen atoms in total. The van der Waals surface area contributed by atoms with Crippen molar-refractivity contribution in [2.24, 2.45) is 11.8 Å². The Morgan fingerprint density at radius 1 is 1.31 bits per heavy atom. The number of aryl methyl sites for hydroxylation is 1. The van der Waals surface area contributed by atoms with Crippen molar-refractivity contribution in [1.82, 2.24) is 15.1 Å². The first kappa shape index (κ1) is 20.1. The lowest BCUT2D eigenvalue weighted by atomic mass is 9.78. The molecule has 0 bridgehead atoms. The average Bonchev–Trinajstić information content (AvgIpc) is 3.10. The predicted molar refractivity (Wildman–Crippen MR) is 120 cm³/mol. The third-order valence-corrected chi connectivity index (χ3v) is 7.90. The van der Waals surface area contributed by atoms with Crippen LogP contribution in [0, 0.1) is 18.8 Å². The van der Waals surface area contributed by atoms with E-state index in [9.17, 15) is 9.59 Å². The van der Waals surface area contributed by atoms with Crippen molar-refractivity contribution >= 4 is 37.4 Å². The van der Waals surface area contributed by atoms with Gasteiger partial charge in [-0.15, -0.1) is 11.3 Å². The fourth-order valence-corrected chi connectivity index (χ4v) is 5.76. The topological polar surface area (TPSA) is 64.0 Å². The van der Waals surface area contributed by atoms with Crippen LogP contribution in [0.3, 0.4) is 0 Å². The molecule has 1 aliphatic carbocycles. The Morgan fingerprint density at radius 2 is 2.07 bits per heavy atom. The van der Waals surface area contributed by atoms with Crippen LogP contribution in [0.25, 0.3) is 20.2 Å². The van der Waals surface area contributed by atoms with Crippen molar-refractivity contribution in [2.75, 3.05) is 0 Å². The van der Waals surface area contributed by atoms with Gasteiger partial charge in [-0.3, -0.25) is 9.59 Å². The summed E-state index contributed by atoms with van der Waals surface area (Å²) in [6.45, 7) is 8.33. The number of rotatable bonds is 4. The monoisotopic (exact) mass is 411 g/mol. The maximum absolute atomic E-state index is 13.4. The molecule has 1 amide bonds. The lowest BCUT2D eigenvalue weighted by molar-refractivity contribution is -0.126. The van der Waals surface area contributed by atoms with Gasteiger partial charge in [0.2, 0.25) is 5.91 Å². The second-order valence-corrected chi connectivity index (χ2v) is 9.50. The van der Waals surface area contributed by atoms with Crippen LogP contribution in [0.5, 0.6) is 0 Å². The maximum Gasteiger partial charge on any atom is 0.276 e. The number of nitrogens with one attached hydrogen (secondary N) is 1. The smallest absolute Gasteiger partial charge is 0.276 e. The number of fused-ring (bicyclic) bond motifs is 3. The second kappa shape index (κ2) is 7.90. The van der Waals surface area contributed by atoms with Gasteiger partial charge in [0.25, 0.3) is 5.56 Å². The molecule has 1 N–H and O–H groups in total. The van der Waals surface area contributed by atoms with Crippen molar-refractivity contribution in [1.29, 1.82) is 0 Å². The number of thiophene rings is 1. The number of hydrogen-bond donors (Lipinski definition) is 1. The molecule has 4 unspecified atom stereocenters. The molecule has 6 heteroatoms. The van der Waals surface area contributed by atoms with E-state index in [0.717, 1.165) is 33.3 Å². The number of nitrogens with zero attached hydrogens (tertiary/aromatic N) is 2. The molecule has 0 saturated heterocycles. The van der Waals surface area contributed by atoms with E-state index < -0.39 is 6.04 Å². The molecule has 2 aromatic heterocycles. The van der Waals surface area contributed by atoms with Crippen molar-refractivity contribution < 1.29 is 4.79 Å². The quantitative estimate of drug-likeness (QED) is 0.670.